The lowest BCUT2D eigenvalue weighted by molar-refractivity contribution is -0.146. The maximum absolute atomic E-state index is 11.8. The van der Waals surface area contributed by atoms with Gasteiger partial charge in [-0.15, -0.1) is 0 Å². The molecule has 1 saturated carbocycles. The molecule has 2 unspecified atom stereocenters. The van der Waals surface area contributed by atoms with E-state index in [2.05, 4.69) is 15.9 Å². The van der Waals surface area contributed by atoms with Crippen LogP contribution in [0.25, 0.3) is 6.08 Å². The molecular weight excluding hydrogens is 308 g/mol. The van der Waals surface area contributed by atoms with Crippen molar-refractivity contribution in [1.82, 2.24) is 0 Å². The molecule has 2 aliphatic rings. The molecule has 0 aromatic heterocycles. The Hall–Kier alpha value is -1.29. The van der Waals surface area contributed by atoms with Crippen LogP contribution in [0.4, 0.5) is 0 Å². The summed E-state index contributed by atoms with van der Waals surface area (Å²) in [4.78, 5) is 11.8. The molecule has 19 heavy (non-hydrogen) atoms. The average Bonchev–Trinajstić information content (AvgIpc) is 2.84. The Morgan fingerprint density at radius 1 is 1.37 bits per heavy atom. The Balaban J connectivity index is 1.95. The summed E-state index contributed by atoms with van der Waals surface area (Å²) in [6.45, 7) is 0. The number of carbonyl (C=O) groups is 1. The summed E-state index contributed by atoms with van der Waals surface area (Å²) in [5, 5.41) is 0. The third kappa shape index (κ3) is 2.41. The molecule has 2 atom stereocenters. The molecule has 1 aliphatic carbocycles. The van der Waals surface area contributed by atoms with Crippen LogP contribution in [0.2, 0.25) is 0 Å². The van der Waals surface area contributed by atoms with Crippen LogP contribution in [0.15, 0.2) is 28.4 Å². The lowest BCUT2D eigenvalue weighted by atomic mass is 9.98. The van der Waals surface area contributed by atoms with E-state index in [9.17, 15) is 4.79 Å². The molecule has 1 aliphatic heterocycles. The second kappa shape index (κ2) is 5.00. The topological polar surface area (TPSA) is 35.5 Å². The minimum absolute atomic E-state index is 0.0731. The Bertz CT molecular complexity index is 550. The molecule has 3 nitrogen and oxygen atoms in total. The highest BCUT2D eigenvalue weighted by Gasteiger charge is 2.39. The average molecular weight is 323 g/mol. The first-order chi connectivity index (χ1) is 9.17. The van der Waals surface area contributed by atoms with E-state index in [1.807, 2.05) is 24.3 Å². The monoisotopic (exact) mass is 322 g/mol. The number of hydrogen-bond donors (Lipinski definition) is 0. The molecule has 0 amide bonds. The third-order valence-corrected chi connectivity index (χ3v) is 4.37. The molecule has 2 fully saturated rings. The van der Waals surface area contributed by atoms with Gasteiger partial charge in [0, 0.05) is 16.0 Å². The van der Waals surface area contributed by atoms with Crippen molar-refractivity contribution in [2.45, 2.75) is 19.3 Å². The standard InChI is InChI=1S/C15H15BrO3/c1-18-13-8-12(16)5-4-10(13)7-14-9-2-3-11(6-9)15(17)19-14/h4-5,7-9,11H,2-3,6H2,1H3/b14-7+. The Morgan fingerprint density at radius 3 is 2.95 bits per heavy atom. The second-order valence-electron chi connectivity index (χ2n) is 5.06. The second-order valence-corrected chi connectivity index (χ2v) is 5.98. The van der Waals surface area contributed by atoms with E-state index in [1.165, 1.54) is 0 Å². The van der Waals surface area contributed by atoms with Gasteiger partial charge in [0.2, 0.25) is 0 Å². The number of allylic oxidation sites excluding steroid dienone is 1. The Labute approximate surface area is 120 Å². The molecule has 4 heteroatoms. The fourth-order valence-electron chi connectivity index (χ4n) is 2.84. The van der Waals surface area contributed by atoms with E-state index in [4.69, 9.17) is 9.47 Å². The summed E-state index contributed by atoms with van der Waals surface area (Å²) < 4.78 is 11.8. The maximum atomic E-state index is 11.8. The number of halogens is 1. The Morgan fingerprint density at radius 2 is 2.16 bits per heavy atom. The number of methoxy groups -OCH3 is 1. The van der Waals surface area contributed by atoms with Crippen molar-refractivity contribution >= 4 is 28.0 Å². The van der Waals surface area contributed by atoms with Crippen LogP contribution in [-0.4, -0.2) is 13.1 Å². The number of fused-ring (bicyclic) bond motifs is 2. The van der Waals surface area contributed by atoms with Crippen molar-refractivity contribution in [3.8, 4) is 5.75 Å². The zero-order valence-electron chi connectivity index (χ0n) is 10.7. The lowest BCUT2D eigenvalue weighted by Gasteiger charge is -2.21. The first kappa shape index (κ1) is 12.7. The van der Waals surface area contributed by atoms with Crippen LogP contribution in [-0.2, 0) is 9.53 Å². The van der Waals surface area contributed by atoms with Crippen LogP contribution in [0.5, 0.6) is 5.75 Å². The smallest absolute Gasteiger partial charge is 0.314 e. The minimum atomic E-state index is -0.0731. The molecule has 1 aromatic rings. The van der Waals surface area contributed by atoms with Gasteiger partial charge in [0.1, 0.15) is 11.5 Å². The number of hydrogen-bond acceptors (Lipinski definition) is 3. The van der Waals surface area contributed by atoms with Crippen molar-refractivity contribution in [1.29, 1.82) is 0 Å². The number of esters is 1. The predicted molar refractivity (Wildman–Crippen MR) is 75.6 cm³/mol. The number of benzene rings is 1. The fourth-order valence-corrected chi connectivity index (χ4v) is 3.18. The van der Waals surface area contributed by atoms with Gasteiger partial charge in [-0.05, 0) is 37.5 Å². The number of ether oxygens (including phenoxy) is 2. The van der Waals surface area contributed by atoms with E-state index >= 15 is 0 Å². The van der Waals surface area contributed by atoms with E-state index in [-0.39, 0.29) is 11.9 Å². The highest BCUT2D eigenvalue weighted by Crippen LogP contribution is 2.42. The molecule has 1 saturated heterocycles. The Kier molecular flexibility index (Phi) is 3.35. The zero-order chi connectivity index (χ0) is 13.4. The van der Waals surface area contributed by atoms with Gasteiger partial charge in [0.25, 0.3) is 0 Å². The molecule has 2 bridgehead atoms. The van der Waals surface area contributed by atoms with Crippen LogP contribution in [0.3, 0.4) is 0 Å². The SMILES string of the molecule is COc1cc(Br)ccc1/C=C1/OC(=O)C2CCC1C2. The van der Waals surface area contributed by atoms with Crippen LogP contribution in [0.1, 0.15) is 24.8 Å². The number of cyclic esters (lactones) is 1. The summed E-state index contributed by atoms with van der Waals surface area (Å²) in [6, 6.07) is 5.83. The van der Waals surface area contributed by atoms with Crippen LogP contribution < -0.4 is 4.74 Å². The minimum Gasteiger partial charge on any atom is -0.496 e. The molecule has 1 aromatic carbocycles. The van der Waals surface area contributed by atoms with Crippen molar-refractivity contribution in [2.24, 2.45) is 11.8 Å². The largest absolute Gasteiger partial charge is 0.496 e. The molecule has 100 valence electrons. The van der Waals surface area contributed by atoms with Crippen molar-refractivity contribution < 1.29 is 14.3 Å². The zero-order valence-corrected chi connectivity index (χ0v) is 12.3. The molecule has 1 heterocycles. The summed E-state index contributed by atoms with van der Waals surface area (Å²) >= 11 is 3.42. The molecule has 0 radical (unpaired) electrons. The normalized spacial score (nSPS) is 27.5. The lowest BCUT2D eigenvalue weighted by Crippen LogP contribution is -2.21. The van der Waals surface area contributed by atoms with Gasteiger partial charge in [-0.1, -0.05) is 22.0 Å². The highest BCUT2D eigenvalue weighted by atomic mass is 79.9. The van der Waals surface area contributed by atoms with Gasteiger partial charge in [-0.2, -0.15) is 0 Å². The van der Waals surface area contributed by atoms with Crippen molar-refractivity contribution in [3.05, 3.63) is 34.0 Å². The van der Waals surface area contributed by atoms with Gasteiger partial charge in [-0.3, -0.25) is 4.79 Å². The summed E-state index contributed by atoms with van der Waals surface area (Å²) in [5.74, 6) is 2.00. The van der Waals surface area contributed by atoms with Crippen molar-refractivity contribution in [2.75, 3.05) is 7.11 Å². The van der Waals surface area contributed by atoms with Crippen molar-refractivity contribution in [3.63, 3.8) is 0 Å². The van der Waals surface area contributed by atoms with E-state index in [0.717, 1.165) is 40.8 Å². The molecular formula is C15H15BrO3. The summed E-state index contributed by atoms with van der Waals surface area (Å²) in [6.07, 6.45) is 4.87. The van der Waals surface area contributed by atoms with E-state index in [0.29, 0.717) is 5.92 Å². The van der Waals surface area contributed by atoms with Crippen LogP contribution >= 0.6 is 15.9 Å². The first-order valence-electron chi connectivity index (χ1n) is 6.44. The quantitative estimate of drug-likeness (QED) is 0.777. The molecule has 0 N–H and O–H groups in total. The fraction of sp³-hybridized carbons (Fsp3) is 0.400. The third-order valence-electron chi connectivity index (χ3n) is 3.88. The van der Waals surface area contributed by atoms with Gasteiger partial charge < -0.3 is 9.47 Å². The number of rotatable bonds is 2. The van der Waals surface area contributed by atoms with Gasteiger partial charge in [-0.25, -0.2) is 0 Å². The van der Waals surface area contributed by atoms with Crippen LogP contribution in [0, 0.1) is 11.8 Å². The van der Waals surface area contributed by atoms with Gasteiger partial charge in [0.15, 0.2) is 0 Å². The van der Waals surface area contributed by atoms with Gasteiger partial charge >= 0.3 is 5.97 Å². The van der Waals surface area contributed by atoms with E-state index in [1.54, 1.807) is 7.11 Å². The number of carbonyl (C=O) groups excluding carboxylic acids is 1. The maximum Gasteiger partial charge on any atom is 0.314 e. The van der Waals surface area contributed by atoms with E-state index < -0.39 is 0 Å². The molecule has 0 spiro atoms. The predicted octanol–water partition coefficient (Wildman–Crippen LogP) is 3.77. The highest BCUT2D eigenvalue weighted by molar-refractivity contribution is 9.10. The molecule has 3 rings (SSSR count). The summed E-state index contributed by atoms with van der Waals surface area (Å²) in [7, 11) is 1.64. The first-order valence-corrected chi connectivity index (χ1v) is 7.23. The van der Waals surface area contributed by atoms with Gasteiger partial charge in [0.05, 0.1) is 13.0 Å². The summed E-state index contributed by atoms with van der Waals surface area (Å²) in [5.41, 5.74) is 0.943.